The molecule has 0 N–H and O–H groups in total. The fraction of sp³-hybridized carbons (Fsp3) is 0.111. The van der Waals surface area contributed by atoms with Crippen LogP contribution in [-0.2, 0) is 16.1 Å². The molecule has 28 heavy (non-hydrogen) atoms. The number of carbonyl (C=O) groups excluding carboxylic acids is 2. The number of nitro groups is 1. The number of nitrogens with zero attached hydrogens (tertiary/aromatic N) is 3. The molecule has 0 spiro atoms. The molecule has 0 aliphatic rings. The Balaban J connectivity index is 1.85. The minimum Gasteiger partial charge on any atom is -0.465 e. The number of benzene rings is 1. The van der Waals surface area contributed by atoms with E-state index in [0.717, 1.165) is 25.3 Å². The van der Waals surface area contributed by atoms with E-state index in [2.05, 4.69) is 9.72 Å². The van der Waals surface area contributed by atoms with Crippen molar-refractivity contribution in [3.63, 3.8) is 0 Å². The van der Waals surface area contributed by atoms with Crippen LogP contribution in [0.2, 0.25) is 0 Å². The first-order valence-electron chi connectivity index (χ1n) is 7.91. The maximum absolute atomic E-state index is 12.3. The summed E-state index contributed by atoms with van der Waals surface area (Å²) < 4.78 is 11.0. The number of ether oxygens (including phenoxy) is 2. The summed E-state index contributed by atoms with van der Waals surface area (Å²) in [5, 5.41) is 11.0. The monoisotopic (exact) mass is 383 g/mol. The van der Waals surface area contributed by atoms with Gasteiger partial charge in [-0.15, -0.1) is 0 Å². The van der Waals surface area contributed by atoms with Crippen LogP contribution in [0, 0.1) is 10.1 Å². The van der Waals surface area contributed by atoms with Gasteiger partial charge in [0.05, 0.1) is 28.9 Å². The highest BCUT2D eigenvalue weighted by Crippen LogP contribution is 2.19. The second kappa shape index (κ2) is 7.66. The number of pyridine rings is 1. The number of non-ortho nitro benzene ring substituents is 1. The van der Waals surface area contributed by atoms with Crippen LogP contribution >= 0.6 is 0 Å². The molecule has 142 valence electrons. The van der Waals surface area contributed by atoms with Crippen molar-refractivity contribution in [3.8, 4) is 0 Å². The number of rotatable bonds is 5. The molecule has 0 unspecified atom stereocenters. The molecule has 0 fully saturated rings. The predicted molar refractivity (Wildman–Crippen MR) is 95.0 cm³/mol. The van der Waals surface area contributed by atoms with Gasteiger partial charge in [-0.05, 0) is 18.2 Å². The van der Waals surface area contributed by atoms with Crippen molar-refractivity contribution in [2.75, 3.05) is 7.11 Å². The average Bonchev–Trinajstić information content (AvgIpc) is 2.71. The molecule has 10 heteroatoms. The maximum Gasteiger partial charge on any atom is 0.338 e. The normalized spacial score (nSPS) is 10.5. The van der Waals surface area contributed by atoms with E-state index in [-0.39, 0.29) is 29.0 Å². The van der Waals surface area contributed by atoms with E-state index in [1.807, 2.05) is 0 Å². The first-order chi connectivity index (χ1) is 13.4. The van der Waals surface area contributed by atoms with E-state index in [1.165, 1.54) is 10.5 Å². The summed E-state index contributed by atoms with van der Waals surface area (Å²) in [5.74, 6) is -1.74. The molecule has 3 rings (SSSR count). The Bertz CT molecular complexity index is 1150. The Morgan fingerprint density at radius 3 is 2.54 bits per heavy atom. The van der Waals surface area contributed by atoms with Crippen LogP contribution in [0.3, 0.4) is 0 Å². The molecule has 0 saturated heterocycles. The molecule has 0 atom stereocenters. The van der Waals surface area contributed by atoms with E-state index in [4.69, 9.17) is 4.74 Å². The number of hydrogen-bond acceptors (Lipinski definition) is 8. The topological polar surface area (TPSA) is 130 Å². The van der Waals surface area contributed by atoms with Gasteiger partial charge in [0.2, 0.25) is 0 Å². The van der Waals surface area contributed by atoms with Gasteiger partial charge in [-0.1, -0.05) is 6.07 Å². The minimum atomic E-state index is -0.913. The Morgan fingerprint density at radius 1 is 1.14 bits per heavy atom. The zero-order valence-electron chi connectivity index (χ0n) is 14.5. The standard InChI is InChI=1S/C18H13N3O7/c1-27-17(23)11-6-12(8-14(7-11)21(25)26)18(24)28-10-13-9-16(22)20-5-3-2-4-15(20)19-13/h2-9H,10H2,1H3. The summed E-state index contributed by atoms with van der Waals surface area (Å²) in [6, 6.07) is 9.32. The van der Waals surface area contributed by atoms with Crippen LogP contribution in [0.15, 0.2) is 53.5 Å². The third-order valence-corrected chi connectivity index (χ3v) is 3.76. The van der Waals surface area contributed by atoms with Gasteiger partial charge >= 0.3 is 11.9 Å². The first kappa shape index (κ1) is 18.7. The van der Waals surface area contributed by atoms with Gasteiger partial charge in [0, 0.05) is 24.4 Å². The molecule has 10 nitrogen and oxygen atoms in total. The second-order valence-electron chi connectivity index (χ2n) is 5.61. The lowest BCUT2D eigenvalue weighted by molar-refractivity contribution is -0.384. The van der Waals surface area contributed by atoms with E-state index < -0.39 is 22.5 Å². The lowest BCUT2D eigenvalue weighted by Gasteiger charge is -2.07. The molecule has 3 aromatic rings. The van der Waals surface area contributed by atoms with Crippen LogP contribution in [0.5, 0.6) is 0 Å². The van der Waals surface area contributed by atoms with Crippen molar-refractivity contribution in [3.05, 3.63) is 86.0 Å². The number of fused-ring (bicyclic) bond motifs is 1. The van der Waals surface area contributed by atoms with Crippen molar-refractivity contribution < 1.29 is 24.0 Å². The summed E-state index contributed by atoms with van der Waals surface area (Å²) in [7, 11) is 1.11. The van der Waals surface area contributed by atoms with Crippen molar-refractivity contribution in [1.82, 2.24) is 9.38 Å². The fourth-order valence-corrected chi connectivity index (χ4v) is 2.47. The molecule has 0 saturated carbocycles. The molecule has 0 bridgehead atoms. The molecule has 0 aliphatic carbocycles. The Hall–Kier alpha value is -4.08. The number of nitro benzene ring substituents is 1. The smallest absolute Gasteiger partial charge is 0.338 e. The highest BCUT2D eigenvalue weighted by Gasteiger charge is 2.19. The number of aromatic nitrogens is 2. The van der Waals surface area contributed by atoms with E-state index in [1.54, 1.807) is 24.4 Å². The number of esters is 2. The van der Waals surface area contributed by atoms with Gasteiger partial charge in [0.15, 0.2) is 0 Å². The third kappa shape index (κ3) is 3.85. The second-order valence-corrected chi connectivity index (χ2v) is 5.61. The maximum atomic E-state index is 12.3. The highest BCUT2D eigenvalue weighted by atomic mass is 16.6. The Labute approximate surface area is 157 Å². The quantitative estimate of drug-likeness (QED) is 0.370. The third-order valence-electron chi connectivity index (χ3n) is 3.76. The molecule has 0 amide bonds. The SMILES string of the molecule is COC(=O)c1cc(C(=O)OCc2cc(=O)n3ccccc3n2)cc([N+](=O)[O-])c1. The first-order valence-corrected chi connectivity index (χ1v) is 7.91. The lowest BCUT2D eigenvalue weighted by atomic mass is 10.1. The molecule has 1 aromatic carbocycles. The van der Waals surface area contributed by atoms with Crippen LogP contribution in [-0.4, -0.2) is 33.4 Å². The highest BCUT2D eigenvalue weighted by molar-refractivity contribution is 5.96. The summed E-state index contributed by atoms with van der Waals surface area (Å²) in [6.07, 6.45) is 1.55. The molecule has 0 aliphatic heterocycles. The number of carbonyl (C=O) groups is 2. The molecule has 2 heterocycles. The molecule has 2 aromatic heterocycles. The van der Waals surface area contributed by atoms with Gasteiger partial charge in [-0.25, -0.2) is 14.6 Å². The van der Waals surface area contributed by atoms with E-state index in [0.29, 0.717) is 5.65 Å². The van der Waals surface area contributed by atoms with Gasteiger partial charge in [0.25, 0.3) is 11.2 Å². The average molecular weight is 383 g/mol. The summed E-state index contributed by atoms with van der Waals surface area (Å²) in [5.41, 5.74) is -0.581. The van der Waals surface area contributed by atoms with Crippen molar-refractivity contribution in [2.24, 2.45) is 0 Å². The van der Waals surface area contributed by atoms with Gasteiger partial charge < -0.3 is 9.47 Å². The van der Waals surface area contributed by atoms with Crippen molar-refractivity contribution >= 4 is 23.3 Å². The fourth-order valence-electron chi connectivity index (χ4n) is 2.47. The Morgan fingerprint density at radius 2 is 1.86 bits per heavy atom. The summed E-state index contributed by atoms with van der Waals surface area (Å²) in [4.78, 5) is 50.5. The lowest BCUT2D eigenvalue weighted by Crippen LogP contribution is -2.16. The largest absolute Gasteiger partial charge is 0.465 e. The zero-order valence-corrected chi connectivity index (χ0v) is 14.5. The van der Waals surface area contributed by atoms with Gasteiger partial charge in [-0.2, -0.15) is 0 Å². The minimum absolute atomic E-state index is 0.161. The van der Waals surface area contributed by atoms with E-state index >= 15 is 0 Å². The number of hydrogen-bond donors (Lipinski definition) is 0. The Kier molecular flexibility index (Phi) is 5.12. The van der Waals surface area contributed by atoms with Crippen LogP contribution in [0.1, 0.15) is 26.4 Å². The van der Waals surface area contributed by atoms with Gasteiger partial charge in [-0.3, -0.25) is 19.3 Å². The molecular formula is C18H13N3O7. The van der Waals surface area contributed by atoms with Gasteiger partial charge in [0.1, 0.15) is 12.3 Å². The summed E-state index contributed by atoms with van der Waals surface area (Å²) in [6.45, 7) is -0.324. The van der Waals surface area contributed by atoms with Crippen LogP contribution in [0.4, 0.5) is 5.69 Å². The molecule has 0 radical (unpaired) electrons. The van der Waals surface area contributed by atoms with Crippen LogP contribution in [0.25, 0.3) is 5.65 Å². The van der Waals surface area contributed by atoms with E-state index in [9.17, 15) is 24.5 Å². The van der Waals surface area contributed by atoms with Crippen LogP contribution < -0.4 is 5.56 Å². The molecular weight excluding hydrogens is 370 g/mol. The number of methoxy groups -OCH3 is 1. The summed E-state index contributed by atoms with van der Waals surface area (Å²) >= 11 is 0. The van der Waals surface area contributed by atoms with Crippen molar-refractivity contribution in [1.29, 1.82) is 0 Å². The van der Waals surface area contributed by atoms with Crippen molar-refractivity contribution in [2.45, 2.75) is 6.61 Å². The zero-order chi connectivity index (χ0) is 20.3. The predicted octanol–water partition coefficient (Wildman–Crippen LogP) is 1.75.